The molecule has 31 heavy (non-hydrogen) atoms. The van der Waals surface area contributed by atoms with Crippen molar-refractivity contribution in [2.75, 3.05) is 42.9 Å². The van der Waals surface area contributed by atoms with Crippen molar-refractivity contribution in [3.05, 3.63) is 77.9 Å². The highest BCUT2D eigenvalue weighted by Gasteiger charge is 2.19. The van der Waals surface area contributed by atoms with E-state index in [0.717, 1.165) is 44.3 Å². The Morgan fingerprint density at radius 3 is 2.45 bits per heavy atom. The molecule has 0 atom stereocenters. The number of carbonyl (C=O) groups excluding carboxylic acids is 1. The lowest BCUT2D eigenvalue weighted by atomic mass is 10.2. The van der Waals surface area contributed by atoms with Crippen molar-refractivity contribution in [1.29, 1.82) is 0 Å². The molecule has 2 heterocycles. The van der Waals surface area contributed by atoms with Crippen LogP contribution in [-0.2, 0) is 4.79 Å². The van der Waals surface area contributed by atoms with Gasteiger partial charge in [-0.05, 0) is 36.4 Å². The zero-order valence-corrected chi connectivity index (χ0v) is 18.0. The molecule has 0 radical (unpaired) electrons. The normalized spacial score (nSPS) is 14.3. The van der Waals surface area contributed by atoms with Gasteiger partial charge in [0.25, 0.3) is 0 Å². The van der Waals surface area contributed by atoms with Gasteiger partial charge in [-0.1, -0.05) is 41.9 Å². The summed E-state index contributed by atoms with van der Waals surface area (Å²) in [5.41, 5.74) is 0.676. The van der Waals surface area contributed by atoms with Crippen LogP contribution in [0.4, 0.5) is 11.5 Å². The summed E-state index contributed by atoms with van der Waals surface area (Å²) in [6, 6.07) is 20.8. The van der Waals surface area contributed by atoms with Crippen LogP contribution in [0.15, 0.2) is 72.9 Å². The second-order valence-electron chi connectivity index (χ2n) is 7.37. The molecule has 1 aliphatic rings. The molecule has 6 nitrogen and oxygen atoms in total. The molecule has 1 amide bonds. The molecule has 1 fully saturated rings. The maximum absolute atomic E-state index is 12.6. The van der Waals surface area contributed by atoms with Gasteiger partial charge >= 0.3 is 0 Å². The number of carbonyl (C=O) groups is 1. The van der Waals surface area contributed by atoms with Crippen molar-refractivity contribution < 1.29 is 9.53 Å². The van der Waals surface area contributed by atoms with Crippen molar-refractivity contribution in [3.8, 4) is 11.5 Å². The topological polar surface area (TPSA) is 57.7 Å². The Hall–Kier alpha value is -3.09. The third-order valence-electron chi connectivity index (χ3n) is 5.20. The Morgan fingerprint density at radius 2 is 1.71 bits per heavy atom. The highest BCUT2D eigenvalue weighted by molar-refractivity contribution is 6.30. The number of hydrogen-bond acceptors (Lipinski definition) is 5. The summed E-state index contributed by atoms with van der Waals surface area (Å²) in [6.45, 7) is 4.26. The number of benzene rings is 2. The van der Waals surface area contributed by atoms with Crippen molar-refractivity contribution >= 4 is 29.0 Å². The maximum atomic E-state index is 12.6. The summed E-state index contributed by atoms with van der Waals surface area (Å²) in [6.07, 6.45) is 2.10. The monoisotopic (exact) mass is 436 g/mol. The van der Waals surface area contributed by atoms with Crippen molar-refractivity contribution in [3.63, 3.8) is 0 Å². The number of piperazine rings is 1. The Labute approximate surface area is 187 Å². The maximum Gasteiger partial charge on any atom is 0.225 e. The van der Waals surface area contributed by atoms with E-state index >= 15 is 0 Å². The molecule has 1 aliphatic heterocycles. The quantitative estimate of drug-likeness (QED) is 0.582. The Bertz CT molecular complexity index is 990. The van der Waals surface area contributed by atoms with E-state index in [1.54, 1.807) is 6.20 Å². The van der Waals surface area contributed by atoms with Gasteiger partial charge in [0.05, 0.1) is 10.7 Å². The lowest BCUT2D eigenvalue weighted by Crippen LogP contribution is -2.47. The minimum atomic E-state index is -0.0223. The van der Waals surface area contributed by atoms with Crippen LogP contribution in [0.2, 0.25) is 5.02 Å². The first-order valence-corrected chi connectivity index (χ1v) is 10.8. The zero-order chi connectivity index (χ0) is 21.5. The van der Waals surface area contributed by atoms with E-state index in [1.807, 2.05) is 66.7 Å². The molecule has 160 valence electrons. The number of amides is 1. The number of pyridine rings is 1. The van der Waals surface area contributed by atoms with Crippen LogP contribution in [-0.4, -0.2) is 48.5 Å². The van der Waals surface area contributed by atoms with Gasteiger partial charge < -0.3 is 15.0 Å². The van der Waals surface area contributed by atoms with Crippen LogP contribution in [0.5, 0.6) is 11.5 Å². The average molecular weight is 437 g/mol. The van der Waals surface area contributed by atoms with E-state index in [4.69, 9.17) is 16.3 Å². The van der Waals surface area contributed by atoms with E-state index < -0.39 is 0 Å². The molecule has 0 saturated carbocycles. The summed E-state index contributed by atoms with van der Waals surface area (Å²) < 4.78 is 5.92. The van der Waals surface area contributed by atoms with Crippen LogP contribution >= 0.6 is 11.6 Å². The summed E-state index contributed by atoms with van der Waals surface area (Å²) >= 11 is 5.92. The first kappa shape index (κ1) is 21.2. The van der Waals surface area contributed by atoms with Gasteiger partial charge in [0, 0.05) is 45.3 Å². The molecule has 0 spiro atoms. The van der Waals surface area contributed by atoms with Crippen molar-refractivity contribution in [2.45, 2.75) is 6.42 Å². The predicted octanol–water partition coefficient (Wildman–Crippen LogP) is 4.68. The molecule has 1 aromatic heterocycles. The molecule has 3 aromatic rings. The Balaban J connectivity index is 1.25. The Morgan fingerprint density at radius 1 is 0.968 bits per heavy atom. The average Bonchev–Trinajstić information content (AvgIpc) is 2.81. The van der Waals surface area contributed by atoms with Crippen molar-refractivity contribution in [2.24, 2.45) is 0 Å². The van der Waals surface area contributed by atoms with Gasteiger partial charge in [0.1, 0.15) is 11.6 Å². The van der Waals surface area contributed by atoms with E-state index in [2.05, 4.69) is 20.1 Å². The molecule has 4 rings (SSSR count). The standard InChI is InChI=1S/C24H25ClN4O2/c25-19-10-11-23(26-18-19)29-16-14-28(15-17-29)13-12-24(30)27-21-8-4-5-9-22(21)31-20-6-2-1-3-7-20/h1-11,18H,12-17H2,(H,27,30). The summed E-state index contributed by atoms with van der Waals surface area (Å²) in [4.78, 5) is 21.5. The number of rotatable bonds is 7. The number of ether oxygens (including phenoxy) is 1. The van der Waals surface area contributed by atoms with Gasteiger partial charge in [-0.15, -0.1) is 0 Å². The smallest absolute Gasteiger partial charge is 0.225 e. The van der Waals surface area contributed by atoms with E-state index in [1.165, 1.54) is 0 Å². The second-order valence-corrected chi connectivity index (χ2v) is 7.81. The summed E-state index contributed by atoms with van der Waals surface area (Å²) in [5.74, 6) is 2.28. The van der Waals surface area contributed by atoms with Crippen LogP contribution in [0.3, 0.4) is 0 Å². The predicted molar refractivity (Wildman–Crippen MR) is 124 cm³/mol. The van der Waals surface area contributed by atoms with Crippen LogP contribution in [0, 0.1) is 0 Å². The fraction of sp³-hybridized carbons (Fsp3) is 0.250. The first-order chi connectivity index (χ1) is 15.2. The van der Waals surface area contributed by atoms with E-state index in [0.29, 0.717) is 22.9 Å². The molecule has 2 aromatic carbocycles. The summed E-state index contributed by atoms with van der Waals surface area (Å²) in [5, 5.41) is 3.63. The third kappa shape index (κ3) is 5.96. The van der Waals surface area contributed by atoms with Gasteiger partial charge in [-0.25, -0.2) is 4.98 Å². The second kappa shape index (κ2) is 10.3. The number of hydrogen-bond donors (Lipinski definition) is 1. The number of anilines is 2. The fourth-order valence-corrected chi connectivity index (χ4v) is 3.61. The fourth-order valence-electron chi connectivity index (χ4n) is 3.50. The molecule has 1 saturated heterocycles. The van der Waals surface area contributed by atoms with E-state index in [9.17, 15) is 4.79 Å². The minimum Gasteiger partial charge on any atom is -0.455 e. The molecule has 1 N–H and O–H groups in total. The Kier molecular flexibility index (Phi) is 7.02. The van der Waals surface area contributed by atoms with Gasteiger partial charge in [0.2, 0.25) is 5.91 Å². The molecule has 0 unspecified atom stereocenters. The van der Waals surface area contributed by atoms with Gasteiger partial charge in [-0.2, -0.15) is 0 Å². The van der Waals surface area contributed by atoms with Crippen LogP contribution in [0.25, 0.3) is 0 Å². The molecule has 7 heteroatoms. The SMILES string of the molecule is O=C(CCN1CCN(c2ccc(Cl)cn2)CC1)Nc1ccccc1Oc1ccccc1. The van der Waals surface area contributed by atoms with E-state index in [-0.39, 0.29) is 5.91 Å². The molecular formula is C24H25ClN4O2. The number of nitrogens with one attached hydrogen (secondary N) is 1. The zero-order valence-electron chi connectivity index (χ0n) is 17.2. The minimum absolute atomic E-state index is 0.0223. The van der Waals surface area contributed by atoms with Gasteiger partial charge in [0.15, 0.2) is 5.75 Å². The highest BCUT2D eigenvalue weighted by Crippen LogP contribution is 2.29. The molecular weight excluding hydrogens is 412 g/mol. The van der Waals surface area contributed by atoms with Gasteiger partial charge in [-0.3, -0.25) is 9.69 Å². The van der Waals surface area contributed by atoms with Crippen molar-refractivity contribution in [1.82, 2.24) is 9.88 Å². The summed E-state index contributed by atoms with van der Waals surface area (Å²) in [7, 11) is 0. The number of aromatic nitrogens is 1. The highest BCUT2D eigenvalue weighted by atomic mass is 35.5. The largest absolute Gasteiger partial charge is 0.455 e. The molecule has 0 aliphatic carbocycles. The third-order valence-corrected chi connectivity index (χ3v) is 5.42. The lowest BCUT2D eigenvalue weighted by molar-refractivity contribution is -0.116. The first-order valence-electron chi connectivity index (χ1n) is 10.4. The van der Waals surface area contributed by atoms with Crippen LogP contribution < -0.4 is 15.0 Å². The number of para-hydroxylation sites is 3. The number of halogens is 1. The molecule has 0 bridgehead atoms. The number of nitrogens with zero attached hydrogens (tertiary/aromatic N) is 3. The van der Waals surface area contributed by atoms with Crippen LogP contribution in [0.1, 0.15) is 6.42 Å². The lowest BCUT2D eigenvalue weighted by Gasteiger charge is -2.35.